The van der Waals surface area contributed by atoms with E-state index >= 15 is 0 Å². The van der Waals surface area contributed by atoms with Crippen LogP contribution < -0.4 is 19.5 Å². The second-order valence-electron chi connectivity index (χ2n) is 7.27. The molecule has 1 N–H and O–H groups in total. The highest BCUT2D eigenvalue weighted by atomic mass is 32.2. The van der Waals surface area contributed by atoms with Crippen molar-refractivity contribution in [3.63, 3.8) is 0 Å². The SMILES string of the molecule is CCOc1cc(/C=C(/C#N)C(=O)Nc2nnc(S(C)(=O)=O)s2)ccc1OCCCOc1ccccc1. The van der Waals surface area contributed by atoms with Crippen molar-refractivity contribution in [1.82, 2.24) is 10.2 Å². The minimum Gasteiger partial charge on any atom is -0.493 e. The van der Waals surface area contributed by atoms with E-state index in [4.69, 9.17) is 14.2 Å². The Hall–Kier alpha value is -3.95. The van der Waals surface area contributed by atoms with Gasteiger partial charge in [0, 0.05) is 12.7 Å². The van der Waals surface area contributed by atoms with Gasteiger partial charge in [-0.1, -0.05) is 35.6 Å². The predicted octanol–water partition coefficient (Wildman–Crippen LogP) is 3.73. The van der Waals surface area contributed by atoms with Crippen LogP contribution in [0.3, 0.4) is 0 Å². The van der Waals surface area contributed by atoms with E-state index in [2.05, 4.69) is 15.5 Å². The molecule has 0 spiro atoms. The summed E-state index contributed by atoms with van der Waals surface area (Å²) < 4.78 is 40.0. The van der Waals surface area contributed by atoms with Crippen LogP contribution in [0.2, 0.25) is 0 Å². The largest absolute Gasteiger partial charge is 0.493 e. The summed E-state index contributed by atoms with van der Waals surface area (Å²) in [6.45, 7) is 3.13. The van der Waals surface area contributed by atoms with E-state index in [0.717, 1.165) is 12.0 Å². The highest BCUT2D eigenvalue weighted by Gasteiger charge is 2.18. The molecule has 1 aromatic heterocycles. The van der Waals surface area contributed by atoms with Gasteiger partial charge in [0.15, 0.2) is 11.5 Å². The highest BCUT2D eigenvalue weighted by Crippen LogP contribution is 2.30. The van der Waals surface area contributed by atoms with E-state index in [1.807, 2.05) is 43.3 Å². The first-order valence-electron chi connectivity index (χ1n) is 10.8. The van der Waals surface area contributed by atoms with Crippen LogP contribution in [0, 0.1) is 11.3 Å². The Morgan fingerprint density at radius 1 is 1.08 bits per heavy atom. The van der Waals surface area contributed by atoms with Crippen LogP contribution in [0.1, 0.15) is 18.9 Å². The maximum absolute atomic E-state index is 12.5. The summed E-state index contributed by atoms with van der Waals surface area (Å²) in [4.78, 5) is 12.5. The number of aromatic nitrogens is 2. The molecular formula is C24H24N4O6S2. The fraction of sp³-hybridized carbons (Fsp3) is 0.250. The summed E-state index contributed by atoms with van der Waals surface area (Å²) in [5, 5.41) is 19.0. The molecule has 0 saturated heterocycles. The second-order valence-corrected chi connectivity index (χ2v) is 10.4. The third-order valence-electron chi connectivity index (χ3n) is 4.45. The van der Waals surface area contributed by atoms with Crippen molar-refractivity contribution in [2.45, 2.75) is 17.7 Å². The van der Waals surface area contributed by atoms with Crippen LogP contribution in [0.5, 0.6) is 17.2 Å². The molecule has 10 nitrogen and oxygen atoms in total. The number of nitrogens with zero attached hydrogens (tertiary/aromatic N) is 3. The van der Waals surface area contributed by atoms with E-state index in [0.29, 0.717) is 54.6 Å². The van der Waals surface area contributed by atoms with Crippen LogP contribution in [-0.2, 0) is 14.6 Å². The van der Waals surface area contributed by atoms with Gasteiger partial charge in [-0.15, -0.1) is 10.2 Å². The Bertz CT molecular complexity index is 1360. The number of nitrogens with one attached hydrogen (secondary N) is 1. The van der Waals surface area contributed by atoms with Gasteiger partial charge < -0.3 is 14.2 Å². The number of carbonyl (C=O) groups is 1. The van der Waals surface area contributed by atoms with Crippen molar-refractivity contribution in [3.05, 3.63) is 59.7 Å². The third-order valence-corrected chi connectivity index (χ3v) is 6.95. The molecule has 1 amide bonds. The molecule has 3 rings (SSSR count). The van der Waals surface area contributed by atoms with Crippen LogP contribution in [-0.4, -0.2) is 50.6 Å². The van der Waals surface area contributed by atoms with Crippen LogP contribution in [0.4, 0.5) is 5.13 Å². The topological polar surface area (TPSA) is 140 Å². The van der Waals surface area contributed by atoms with E-state index < -0.39 is 15.7 Å². The van der Waals surface area contributed by atoms with Crippen molar-refractivity contribution >= 4 is 38.3 Å². The minimum atomic E-state index is -3.55. The van der Waals surface area contributed by atoms with Gasteiger partial charge in [0.05, 0.1) is 19.8 Å². The van der Waals surface area contributed by atoms with E-state index in [-0.39, 0.29) is 15.0 Å². The molecule has 0 aliphatic rings. The first-order valence-corrected chi connectivity index (χ1v) is 13.5. The molecule has 2 aromatic carbocycles. The highest BCUT2D eigenvalue weighted by molar-refractivity contribution is 7.92. The molecule has 0 radical (unpaired) electrons. The van der Waals surface area contributed by atoms with Crippen molar-refractivity contribution in [2.24, 2.45) is 0 Å². The summed E-state index contributed by atoms with van der Waals surface area (Å²) in [7, 11) is -3.55. The normalized spacial score (nSPS) is 11.4. The predicted molar refractivity (Wildman–Crippen MR) is 135 cm³/mol. The number of anilines is 1. The summed E-state index contributed by atoms with van der Waals surface area (Å²) in [5.74, 6) is 1.04. The van der Waals surface area contributed by atoms with E-state index in [1.54, 1.807) is 18.2 Å². The standard InChI is InChI=1S/C24H24N4O6S2/c1-3-32-21-15-17(10-11-20(21)34-13-7-12-33-19-8-5-4-6-9-19)14-18(16-25)22(29)26-23-27-28-24(35-23)36(2,30)31/h4-6,8-11,14-15H,3,7,12-13H2,1-2H3,(H,26,27,29)/b18-14-. The number of hydrogen-bond donors (Lipinski definition) is 1. The number of rotatable bonds is 12. The van der Waals surface area contributed by atoms with Crippen LogP contribution in [0.15, 0.2) is 58.4 Å². The zero-order valence-corrected chi connectivity index (χ0v) is 21.3. The molecule has 0 bridgehead atoms. The van der Waals surface area contributed by atoms with Gasteiger partial charge >= 0.3 is 0 Å². The van der Waals surface area contributed by atoms with Crippen LogP contribution in [0.25, 0.3) is 6.08 Å². The average Bonchev–Trinajstić information content (AvgIpc) is 3.33. The quantitative estimate of drug-likeness (QED) is 0.161. The first kappa shape index (κ1) is 26.7. The van der Waals surface area contributed by atoms with Crippen LogP contribution >= 0.6 is 11.3 Å². The third kappa shape index (κ3) is 7.79. The molecule has 0 saturated carbocycles. The Labute approximate surface area is 213 Å². The van der Waals surface area contributed by atoms with Crippen molar-refractivity contribution in [3.8, 4) is 23.3 Å². The van der Waals surface area contributed by atoms with E-state index in [9.17, 15) is 18.5 Å². The lowest BCUT2D eigenvalue weighted by Crippen LogP contribution is -2.13. The summed E-state index contributed by atoms with van der Waals surface area (Å²) in [6, 6.07) is 16.4. The van der Waals surface area contributed by atoms with Gasteiger partial charge in [0.2, 0.25) is 19.3 Å². The van der Waals surface area contributed by atoms with Crippen molar-refractivity contribution in [1.29, 1.82) is 5.26 Å². The number of sulfone groups is 1. The fourth-order valence-electron chi connectivity index (χ4n) is 2.84. The van der Waals surface area contributed by atoms with Gasteiger partial charge in [0.1, 0.15) is 17.4 Å². The lowest BCUT2D eigenvalue weighted by Gasteiger charge is -2.13. The lowest BCUT2D eigenvalue weighted by molar-refractivity contribution is -0.112. The Kier molecular flexibility index (Phi) is 9.38. The van der Waals surface area contributed by atoms with Gasteiger partial charge in [-0.2, -0.15) is 5.26 Å². The number of ether oxygens (including phenoxy) is 3. The molecule has 0 aliphatic carbocycles. The number of carbonyl (C=O) groups excluding carboxylic acids is 1. The number of benzene rings is 2. The average molecular weight is 529 g/mol. The zero-order valence-electron chi connectivity index (χ0n) is 19.6. The minimum absolute atomic E-state index is 0.0310. The number of hydrogen-bond acceptors (Lipinski definition) is 10. The van der Waals surface area contributed by atoms with Gasteiger partial charge in [-0.05, 0) is 42.8 Å². The smallest absolute Gasteiger partial charge is 0.268 e. The molecular weight excluding hydrogens is 504 g/mol. The first-order chi connectivity index (χ1) is 17.3. The molecule has 1 heterocycles. The zero-order chi connectivity index (χ0) is 26.0. The summed E-state index contributed by atoms with van der Waals surface area (Å²) >= 11 is 0.699. The summed E-state index contributed by atoms with van der Waals surface area (Å²) in [5.41, 5.74) is 0.333. The maximum atomic E-state index is 12.5. The monoisotopic (exact) mass is 528 g/mol. The lowest BCUT2D eigenvalue weighted by atomic mass is 10.1. The molecule has 36 heavy (non-hydrogen) atoms. The maximum Gasteiger partial charge on any atom is 0.268 e. The molecule has 0 unspecified atom stereocenters. The second kappa shape index (κ2) is 12.7. The van der Waals surface area contributed by atoms with Gasteiger partial charge in [-0.25, -0.2) is 8.42 Å². The Balaban J connectivity index is 1.63. The number of amides is 1. The molecule has 0 aliphatic heterocycles. The van der Waals surface area contributed by atoms with Gasteiger partial charge in [0.25, 0.3) is 5.91 Å². The molecule has 188 valence electrons. The fourth-order valence-corrected chi connectivity index (χ4v) is 4.34. The number of para-hydroxylation sites is 1. The Morgan fingerprint density at radius 3 is 2.50 bits per heavy atom. The number of nitriles is 1. The summed E-state index contributed by atoms with van der Waals surface area (Å²) in [6.07, 6.45) is 3.03. The Morgan fingerprint density at radius 2 is 1.83 bits per heavy atom. The van der Waals surface area contributed by atoms with Gasteiger partial charge in [-0.3, -0.25) is 10.1 Å². The van der Waals surface area contributed by atoms with E-state index in [1.165, 1.54) is 6.08 Å². The molecule has 12 heteroatoms. The molecule has 0 atom stereocenters. The molecule has 3 aromatic rings. The van der Waals surface area contributed by atoms with Crippen molar-refractivity contribution in [2.75, 3.05) is 31.4 Å². The van der Waals surface area contributed by atoms with Crippen molar-refractivity contribution < 1.29 is 27.4 Å². The molecule has 0 fully saturated rings.